The van der Waals surface area contributed by atoms with Crippen LogP contribution in [0.2, 0.25) is 0 Å². The van der Waals surface area contributed by atoms with Crippen molar-refractivity contribution in [2.45, 2.75) is 6.04 Å². The number of aliphatic hydroxyl groups is 1. The van der Waals surface area contributed by atoms with Crippen LogP contribution in [0.1, 0.15) is 0 Å². The molecule has 2 N–H and O–H groups in total. The van der Waals surface area contributed by atoms with Crippen LogP contribution < -0.4 is 5.32 Å². The Bertz CT molecular complexity index is 226. The zero-order valence-corrected chi connectivity index (χ0v) is 7.73. The van der Waals surface area contributed by atoms with Gasteiger partial charge in [-0.3, -0.25) is 0 Å². The molecule has 0 radical (unpaired) electrons. The second-order valence-electron chi connectivity index (χ2n) is 2.85. The van der Waals surface area contributed by atoms with Crippen molar-refractivity contribution in [3.05, 3.63) is 30.3 Å². The summed E-state index contributed by atoms with van der Waals surface area (Å²) in [7, 11) is 1.62. The van der Waals surface area contributed by atoms with Crippen molar-refractivity contribution >= 4 is 5.69 Å². The van der Waals surface area contributed by atoms with Crippen LogP contribution in [0.25, 0.3) is 0 Å². The molecule has 1 aromatic rings. The lowest BCUT2D eigenvalue weighted by Crippen LogP contribution is -2.28. The van der Waals surface area contributed by atoms with Crippen LogP contribution >= 0.6 is 0 Å². The number of para-hydroxylation sites is 1. The van der Waals surface area contributed by atoms with Gasteiger partial charge in [-0.2, -0.15) is 0 Å². The van der Waals surface area contributed by atoms with E-state index in [2.05, 4.69) is 5.32 Å². The lowest BCUT2D eigenvalue weighted by molar-refractivity contribution is 0.153. The fourth-order valence-corrected chi connectivity index (χ4v) is 1.11. The monoisotopic (exact) mass is 181 g/mol. The Morgan fingerprint density at radius 1 is 1.38 bits per heavy atom. The number of methoxy groups -OCH3 is 1. The molecule has 0 amide bonds. The van der Waals surface area contributed by atoms with E-state index in [0.29, 0.717) is 6.61 Å². The highest BCUT2D eigenvalue weighted by Gasteiger charge is 2.04. The molecule has 0 heterocycles. The van der Waals surface area contributed by atoms with Gasteiger partial charge in [-0.1, -0.05) is 18.2 Å². The van der Waals surface area contributed by atoms with Crippen molar-refractivity contribution in [3.63, 3.8) is 0 Å². The van der Waals surface area contributed by atoms with Crippen LogP contribution in [0, 0.1) is 0 Å². The molecule has 1 rings (SSSR count). The highest BCUT2D eigenvalue weighted by molar-refractivity contribution is 5.43. The second kappa shape index (κ2) is 5.56. The Morgan fingerprint density at radius 2 is 2.08 bits per heavy atom. The third kappa shape index (κ3) is 3.44. The smallest absolute Gasteiger partial charge is 0.0725 e. The van der Waals surface area contributed by atoms with Crippen LogP contribution in [0.5, 0.6) is 0 Å². The fourth-order valence-electron chi connectivity index (χ4n) is 1.11. The molecule has 72 valence electrons. The fraction of sp³-hybridized carbons (Fsp3) is 0.400. The van der Waals surface area contributed by atoms with Gasteiger partial charge < -0.3 is 15.2 Å². The van der Waals surface area contributed by atoms with Crippen molar-refractivity contribution < 1.29 is 9.84 Å². The van der Waals surface area contributed by atoms with Crippen LogP contribution in [-0.2, 0) is 4.74 Å². The van der Waals surface area contributed by atoms with E-state index in [4.69, 9.17) is 9.84 Å². The van der Waals surface area contributed by atoms with E-state index < -0.39 is 0 Å². The molecule has 0 aliphatic heterocycles. The molecule has 0 spiro atoms. The van der Waals surface area contributed by atoms with E-state index in [-0.39, 0.29) is 12.6 Å². The quantitative estimate of drug-likeness (QED) is 0.715. The molecule has 1 atom stereocenters. The minimum absolute atomic E-state index is 0.0348. The maximum atomic E-state index is 8.98. The normalized spacial score (nSPS) is 12.5. The Morgan fingerprint density at radius 3 is 2.62 bits per heavy atom. The molecular weight excluding hydrogens is 166 g/mol. The van der Waals surface area contributed by atoms with Crippen LogP contribution in [0.4, 0.5) is 5.69 Å². The summed E-state index contributed by atoms with van der Waals surface area (Å²) in [6.45, 7) is 0.578. The van der Waals surface area contributed by atoms with Gasteiger partial charge >= 0.3 is 0 Å². The van der Waals surface area contributed by atoms with Gasteiger partial charge in [0.25, 0.3) is 0 Å². The van der Waals surface area contributed by atoms with Crippen molar-refractivity contribution in [2.24, 2.45) is 0 Å². The van der Waals surface area contributed by atoms with Gasteiger partial charge in [-0.15, -0.1) is 0 Å². The third-order valence-corrected chi connectivity index (χ3v) is 1.73. The molecule has 13 heavy (non-hydrogen) atoms. The molecule has 3 heteroatoms. The first-order valence-electron chi connectivity index (χ1n) is 4.28. The lowest BCUT2D eigenvalue weighted by Gasteiger charge is -2.16. The maximum Gasteiger partial charge on any atom is 0.0725 e. The summed E-state index contributed by atoms with van der Waals surface area (Å²) in [4.78, 5) is 0. The van der Waals surface area contributed by atoms with Crippen LogP contribution in [-0.4, -0.2) is 31.5 Å². The standard InChI is InChI=1S/C10H15NO2/c1-13-8-10(7-12)11-9-5-3-2-4-6-9/h2-6,10-12H,7-8H2,1H3. The first-order valence-corrected chi connectivity index (χ1v) is 4.28. The van der Waals surface area contributed by atoms with Crippen molar-refractivity contribution in [1.29, 1.82) is 0 Å². The SMILES string of the molecule is COCC(CO)Nc1ccccc1. The molecule has 0 aliphatic carbocycles. The molecule has 1 unspecified atom stereocenters. The number of anilines is 1. The summed E-state index contributed by atoms with van der Waals surface area (Å²) in [5.41, 5.74) is 0.999. The number of nitrogens with one attached hydrogen (secondary N) is 1. The molecule has 3 nitrogen and oxygen atoms in total. The predicted octanol–water partition coefficient (Wildman–Crippen LogP) is 1.11. The van der Waals surface area contributed by atoms with Gasteiger partial charge in [0.1, 0.15) is 0 Å². The van der Waals surface area contributed by atoms with Crippen molar-refractivity contribution in [2.75, 3.05) is 25.6 Å². The topological polar surface area (TPSA) is 41.5 Å². The molecule has 0 saturated heterocycles. The van der Waals surface area contributed by atoms with Crippen LogP contribution in [0.3, 0.4) is 0 Å². The van der Waals surface area contributed by atoms with Crippen molar-refractivity contribution in [1.82, 2.24) is 0 Å². The van der Waals surface area contributed by atoms with Gasteiger partial charge in [0.2, 0.25) is 0 Å². The highest BCUT2D eigenvalue weighted by Crippen LogP contribution is 2.06. The summed E-state index contributed by atoms with van der Waals surface area (Å²) in [6, 6.07) is 9.73. The molecule has 0 fully saturated rings. The van der Waals surface area contributed by atoms with Gasteiger partial charge in [0.05, 0.1) is 19.3 Å². The molecular formula is C10H15NO2. The first kappa shape index (κ1) is 10.0. The third-order valence-electron chi connectivity index (χ3n) is 1.73. The lowest BCUT2D eigenvalue weighted by atomic mass is 10.2. The minimum Gasteiger partial charge on any atom is -0.394 e. The molecule has 0 aliphatic rings. The van der Waals surface area contributed by atoms with Crippen LogP contribution in [0.15, 0.2) is 30.3 Å². The Hall–Kier alpha value is -1.06. The van der Waals surface area contributed by atoms with E-state index in [1.54, 1.807) is 7.11 Å². The summed E-state index contributed by atoms with van der Waals surface area (Å²) in [6.07, 6.45) is 0. The predicted molar refractivity (Wildman–Crippen MR) is 52.8 cm³/mol. The van der Waals surface area contributed by atoms with Crippen molar-refractivity contribution in [3.8, 4) is 0 Å². The first-order chi connectivity index (χ1) is 6.36. The Balaban J connectivity index is 2.46. The molecule has 0 bridgehead atoms. The summed E-state index contributed by atoms with van der Waals surface area (Å²) in [5, 5.41) is 12.1. The average Bonchev–Trinajstić information content (AvgIpc) is 2.19. The number of aliphatic hydroxyl groups excluding tert-OH is 1. The molecule has 0 saturated carbocycles. The van der Waals surface area contributed by atoms with Gasteiger partial charge in [-0.05, 0) is 12.1 Å². The van der Waals surface area contributed by atoms with Gasteiger partial charge in [-0.25, -0.2) is 0 Å². The average molecular weight is 181 g/mol. The van der Waals surface area contributed by atoms with Gasteiger partial charge in [0.15, 0.2) is 0 Å². The molecule has 1 aromatic carbocycles. The van der Waals surface area contributed by atoms with E-state index in [9.17, 15) is 0 Å². The largest absolute Gasteiger partial charge is 0.394 e. The number of hydrogen-bond donors (Lipinski definition) is 2. The number of ether oxygens (including phenoxy) is 1. The Kier molecular flexibility index (Phi) is 4.29. The second-order valence-corrected chi connectivity index (χ2v) is 2.85. The number of benzene rings is 1. The van der Waals surface area contributed by atoms with E-state index in [0.717, 1.165) is 5.69 Å². The zero-order valence-electron chi connectivity index (χ0n) is 7.73. The molecule has 0 aromatic heterocycles. The number of rotatable bonds is 5. The zero-order chi connectivity index (χ0) is 9.52. The van der Waals surface area contributed by atoms with E-state index in [1.165, 1.54) is 0 Å². The number of hydrogen-bond acceptors (Lipinski definition) is 3. The summed E-state index contributed by atoms with van der Waals surface area (Å²) >= 11 is 0. The summed E-state index contributed by atoms with van der Waals surface area (Å²) < 4.78 is 4.94. The highest BCUT2D eigenvalue weighted by atomic mass is 16.5. The maximum absolute atomic E-state index is 8.98. The summed E-state index contributed by atoms with van der Waals surface area (Å²) in [5.74, 6) is 0. The van der Waals surface area contributed by atoms with E-state index >= 15 is 0 Å². The minimum atomic E-state index is -0.0348. The van der Waals surface area contributed by atoms with E-state index in [1.807, 2.05) is 30.3 Å². The Labute approximate surface area is 78.3 Å². The van der Waals surface area contributed by atoms with Gasteiger partial charge in [0, 0.05) is 12.8 Å².